The molecule has 0 bridgehead atoms. The third-order valence-corrected chi connectivity index (χ3v) is 3.45. The molecule has 0 unspecified atom stereocenters. The first kappa shape index (κ1) is 22.0. The number of piperazine rings is 1. The molecule has 9 nitrogen and oxygen atoms in total. The number of alkyl carbamates (subject to hydrolysis) is 1. The van der Waals surface area contributed by atoms with Gasteiger partial charge in [-0.3, -0.25) is 4.90 Å². The van der Waals surface area contributed by atoms with Crippen LogP contribution >= 0.6 is 0 Å². The highest BCUT2D eigenvalue weighted by atomic mass is 16.6. The largest absolute Gasteiger partial charge is 0.480 e. The average molecular weight is 373 g/mol. The summed E-state index contributed by atoms with van der Waals surface area (Å²) < 4.78 is 10.4. The molecule has 150 valence electrons. The van der Waals surface area contributed by atoms with Gasteiger partial charge in [-0.15, -0.1) is 0 Å². The summed E-state index contributed by atoms with van der Waals surface area (Å²) in [5.74, 6) is -1.13. The predicted molar refractivity (Wildman–Crippen MR) is 95.0 cm³/mol. The Labute approximate surface area is 154 Å². The van der Waals surface area contributed by atoms with Gasteiger partial charge < -0.3 is 24.8 Å². The minimum Gasteiger partial charge on any atom is -0.480 e. The molecule has 0 aromatic heterocycles. The Balaban J connectivity index is 2.51. The molecule has 1 rings (SSSR count). The van der Waals surface area contributed by atoms with Crippen LogP contribution in [0.2, 0.25) is 0 Å². The molecular formula is C17H31N3O6. The fourth-order valence-electron chi connectivity index (χ4n) is 2.33. The fourth-order valence-corrected chi connectivity index (χ4v) is 2.33. The SMILES string of the molecule is CC(C)(C)OC(=O)N[C@H](CN1CCN(C(=O)OC(C)(C)C)CC1)C(=O)O. The zero-order valence-corrected chi connectivity index (χ0v) is 16.5. The number of ether oxygens (including phenoxy) is 2. The molecule has 0 spiro atoms. The van der Waals surface area contributed by atoms with Crippen molar-refractivity contribution in [3.05, 3.63) is 0 Å². The minimum atomic E-state index is -1.13. The number of nitrogens with zero attached hydrogens (tertiary/aromatic N) is 2. The first-order valence-electron chi connectivity index (χ1n) is 8.69. The smallest absolute Gasteiger partial charge is 0.410 e. The van der Waals surface area contributed by atoms with E-state index >= 15 is 0 Å². The number of amides is 2. The van der Waals surface area contributed by atoms with Gasteiger partial charge in [-0.25, -0.2) is 14.4 Å². The van der Waals surface area contributed by atoms with Gasteiger partial charge in [0.2, 0.25) is 0 Å². The summed E-state index contributed by atoms with van der Waals surface area (Å²) in [5, 5.41) is 11.7. The van der Waals surface area contributed by atoms with Crippen LogP contribution < -0.4 is 5.32 Å². The Bertz CT molecular complexity index is 516. The van der Waals surface area contributed by atoms with E-state index in [0.29, 0.717) is 26.2 Å². The highest BCUT2D eigenvalue weighted by Gasteiger charge is 2.30. The molecule has 1 aliphatic rings. The lowest BCUT2D eigenvalue weighted by molar-refractivity contribution is -0.140. The third kappa shape index (κ3) is 8.37. The van der Waals surface area contributed by atoms with Gasteiger partial charge in [-0.2, -0.15) is 0 Å². The van der Waals surface area contributed by atoms with E-state index in [4.69, 9.17) is 9.47 Å². The first-order valence-corrected chi connectivity index (χ1v) is 8.69. The maximum Gasteiger partial charge on any atom is 0.410 e. The van der Waals surface area contributed by atoms with Crippen LogP contribution in [0.4, 0.5) is 9.59 Å². The van der Waals surface area contributed by atoms with Crippen LogP contribution in [-0.2, 0) is 14.3 Å². The second kappa shape index (κ2) is 8.57. The normalized spacial score (nSPS) is 17.4. The molecule has 0 radical (unpaired) electrons. The Morgan fingerprint density at radius 2 is 1.46 bits per heavy atom. The Hall–Kier alpha value is -2.03. The van der Waals surface area contributed by atoms with Crippen LogP contribution in [0.3, 0.4) is 0 Å². The Kier molecular flexibility index (Phi) is 7.25. The summed E-state index contributed by atoms with van der Waals surface area (Å²) in [5.41, 5.74) is -1.26. The van der Waals surface area contributed by atoms with Crippen molar-refractivity contribution in [2.24, 2.45) is 0 Å². The number of hydrogen-bond donors (Lipinski definition) is 2. The summed E-state index contributed by atoms with van der Waals surface area (Å²) in [6.45, 7) is 12.5. The summed E-state index contributed by atoms with van der Waals surface area (Å²) >= 11 is 0. The number of carbonyl (C=O) groups is 3. The van der Waals surface area contributed by atoms with E-state index in [0.717, 1.165) is 0 Å². The van der Waals surface area contributed by atoms with E-state index in [1.165, 1.54) is 0 Å². The fraction of sp³-hybridized carbons (Fsp3) is 0.824. The molecule has 9 heteroatoms. The van der Waals surface area contributed by atoms with Crippen molar-refractivity contribution in [1.82, 2.24) is 15.1 Å². The van der Waals surface area contributed by atoms with Crippen LogP contribution in [0.1, 0.15) is 41.5 Å². The van der Waals surface area contributed by atoms with Gasteiger partial charge in [0, 0.05) is 32.7 Å². The molecule has 0 aromatic carbocycles. The lowest BCUT2D eigenvalue weighted by atomic mass is 10.2. The quantitative estimate of drug-likeness (QED) is 0.769. The van der Waals surface area contributed by atoms with E-state index in [-0.39, 0.29) is 12.6 Å². The Morgan fingerprint density at radius 3 is 1.88 bits per heavy atom. The van der Waals surface area contributed by atoms with E-state index in [1.54, 1.807) is 46.4 Å². The first-order chi connectivity index (χ1) is 11.8. The summed E-state index contributed by atoms with van der Waals surface area (Å²) in [6, 6.07) is -1.09. The topological polar surface area (TPSA) is 108 Å². The van der Waals surface area contributed by atoms with Gasteiger partial charge in [0.05, 0.1) is 0 Å². The molecule has 2 amide bonds. The van der Waals surface area contributed by atoms with Crippen molar-refractivity contribution >= 4 is 18.2 Å². The molecule has 26 heavy (non-hydrogen) atoms. The van der Waals surface area contributed by atoms with Crippen molar-refractivity contribution in [2.75, 3.05) is 32.7 Å². The van der Waals surface area contributed by atoms with Gasteiger partial charge in [0.25, 0.3) is 0 Å². The number of carbonyl (C=O) groups excluding carboxylic acids is 2. The molecule has 1 fully saturated rings. The van der Waals surface area contributed by atoms with Gasteiger partial charge in [0.1, 0.15) is 17.2 Å². The average Bonchev–Trinajstić information content (AvgIpc) is 2.43. The number of rotatable bonds is 4. The summed E-state index contributed by atoms with van der Waals surface area (Å²) in [7, 11) is 0. The van der Waals surface area contributed by atoms with Crippen LogP contribution in [0, 0.1) is 0 Å². The molecular weight excluding hydrogens is 342 g/mol. The van der Waals surface area contributed by atoms with E-state index in [1.807, 2.05) is 4.90 Å². The Morgan fingerprint density at radius 1 is 0.962 bits per heavy atom. The highest BCUT2D eigenvalue weighted by molar-refractivity contribution is 5.80. The summed E-state index contributed by atoms with van der Waals surface area (Å²) in [6.07, 6.45) is -1.14. The zero-order chi connectivity index (χ0) is 20.1. The molecule has 1 heterocycles. The third-order valence-electron chi connectivity index (χ3n) is 3.45. The minimum absolute atomic E-state index is 0.136. The van der Waals surface area contributed by atoms with Crippen molar-refractivity contribution in [1.29, 1.82) is 0 Å². The predicted octanol–water partition coefficient (Wildman–Crippen LogP) is 1.52. The second-order valence-electron chi connectivity index (χ2n) is 8.31. The van der Waals surface area contributed by atoms with Crippen LogP contribution in [0.25, 0.3) is 0 Å². The lowest BCUT2D eigenvalue weighted by Gasteiger charge is -2.36. The maximum atomic E-state index is 12.0. The summed E-state index contributed by atoms with van der Waals surface area (Å²) in [4.78, 5) is 38.8. The van der Waals surface area contributed by atoms with Gasteiger partial charge in [-0.1, -0.05) is 0 Å². The molecule has 1 saturated heterocycles. The van der Waals surface area contributed by atoms with Crippen LogP contribution in [-0.4, -0.2) is 83.0 Å². The lowest BCUT2D eigenvalue weighted by Crippen LogP contribution is -2.55. The zero-order valence-electron chi connectivity index (χ0n) is 16.5. The molecule has 0 aliphatic carbocycles. The van der Waals surface area contributed by atoms with E-state index < -0.39 is 29.3 Å². The van der Waals surface area contributed by atoms with Crippen molar-refractivity contribution in [3.8, 4) is 0 Å². The van der Waals surface area contributed by atoms with E-state index in [9.17, 15) is 19.5 Å². The van der Waals surface area contributed by atoms with Crippen LogP contribution in [0.15, 0.2) is 0 Å². The number of carboxylic acid groups (broad SMARTS) is 1. The van der Waals surface area contributed by atoms with Crippen molar-refractivity contribution in [2.45, 2.75) is 58.8 Å². The number of hydrogen-bond acceptors (Lipinski definition) is 6. The number of nitrogens with one attached hydrogen (secondary N) is 1. The molecule has 0 aromatic rings. The van der Waals surface area contributed by atoms with E-state index in [2.05, 4.69) is 5.32 Å². The standard InChI is InChI=1S/C17H31N3O6/c1-16(2,3)25-14(23)18-12(13(21)22)11-19-7-9-20(10-8-19)15(24)26-17(4,5)6/h12H,7-11H2,1-6H3,(H,18,23)(H,21,22)/t12-/m1/s1. The van der Waals surface area contributed by atoms with Crippen LogP contribution in [0.5, 0.6) is 0 Å². The van der Waals surface area contributed by atoms with Crippen molar-refractivity contribution in [3.63, 3.8) is 0 Å². The van der Waals surface area contributed by atoms with Gasteiger partial charge in [-0.05, 0) is 41.5 Å². The molecule has 1 atom stereocenters. The van der Waals surface area contributed by atoms with Gasteiger partial charge >= 0.3 is 18.2 Å². The van der Waals surface area contributed by atoms with Crippen molar-refractivity contribution < 1.29 is 29.0 Å². The second-order valence-corrected chi connectivity index (χ2v) is 8.31. The number of aliphatic carboxylic acids is 1. The molecule has 2 N–H and O–H groups in total. The number of carboxylic acids is 1. The monoisotopic (exact) mass is 373 g/mol. The van der Waals surface area contributed by atoms with Gasteiger partial charge in [0.15, 0.2) is 0 Å². The highest BCUT2D eigenvalue weighted by Crippen LogP contribution is 2.12. The molecule has 0 saturated carbocycles. The molecule has 1 aliphatic heterocycles. The maximum absolute atomic E-state index is 12.0.